The number of ether oxygens (including phenoxy) is 2. The van der Waals surface area contributed by atoms with E-state index >= 15 is 0 Å². The molecule has 0 spiro atoms. The molecule has 0 aliphatic heterocycles. The van der Waals surface area contributed by atoms with Crippen molar-refractivity contribution in [1.82, 2.24) is 0 Å². The third-order valence-corrected chi connectivity index (χ3v) is 10.1. The van der Waals surface area contributed by atoms with Crippen LogP contribution in [0.25, 0.3) is 0 Å². The first-order valence-corrected chi connectivity index (χ1v) is 12.1. The number of Topliss-reactive ketones (excluding diaryl/α,β-unsaturated/α-hetero) is 1. The average Bonchev–Trinajstić information content (AvgIpc) is 2.75. The third-order valence-electron chi connectivity index (χ3n) is 5.07. The maximum atomic E-state index is 12.0. The van der Waals surface area contributed by atoms with E-state index in [2.05, 4.69) is 81.1 Å². The summed E-state index contributed by atoms with van der Waals surface area (Å²) in [5.41, 5.74) is 0. The van der Waals surface area contributed by atoms with Gasteiger partial charge in [-0.2, -0.15) is 0 Å². The van der Waals surface area contributed by atoms with Crippen LogP contribution in [0.5, 0.6) is 0 Å². The molecule has 5 heteroatoms. The van der Waals surface area contributed by atoms with E-state index < -0.39 is 14.6 Å². The Balaban J connectivity index is 2.22. The van der Waals surface area contributed by atoms with Crippen LogP contribution in [0.4, 0.5) is 0 Å². The zero-order valence-electron chi connectivity index (χ0n) is 18.6. The van der Waals surface area contributed by atoms with Crippen LogP contribution in [0.2, 0.25) is 5.04 Å². The molecule has 0 unspecified atom stereocenters. The standard InChI is InChI=1S/C25H32O4Si/c1-25(2,3)30(22-15-8-6-9-16-22,23-17-10-7-11-18-23)29-19-13-12-14-21(26)20-24(27-4)28-5/h6-11,15-18,24H,13,19-20H2,1-5H3. The van der Waals surface area contributed by atoms with Crippen molar-refractivity contribution >= 4 is 24.5 Å². The van der Waals surface area contributed by atoms with E-state index in [0.717, 1.165) is 0 Å². The smallest absolute Gasteiger partial charge is 0.261 e. The Labute approximate surface area is 181 Å². The highest BCUT2D eigenvalue weighted by atomic mass is 28.4. The summed E-state index contributed by atoms with van der Waals surface area (Å²) >= 11 is 0. The van der Waals surface area contributed by atoms with Crippen molar-refractivity contribution in [3.05, 3.63) is 60.7 Å². The second-order valence-electron chi connectivity index (χ2n) is 8.09. The highest BCUT2D eigenvalue weighted by Gasteiger charge is 2.49. The first-order valence-electron chi connectivity index (χ1n) is 10.2. The number of hydrogen-bond donors (Lipinski definition) is 0. The highest BCUT2D eigenvalue weighted by Crippen LogP contribution is 2.36. The highest BCUT2D eigenvalue weighted by molar-refractivity contribution is 6.99. The van der Waals surface area contributed by atoms with Gasteiger partial charge >= 0.3 is 0 Å². The molecule has 160 valence electrons. The lowest BCUT2D eigenvalue weighted by Gasteiger charge is -2.43. The van der Waals surface area contributed by atoms with E-state index in [0.29, 0.717) is 13.0 Å². The van der Waals surface area contributed by atoms with Gasteiger partial charge in [0.1, 0.15) is 0 Å². The molecule has 0 aliphatic rings. The van der Waals surface area contributed by atoms with Crippen LogP contribution in [-0.2, 0) is 18.7 Å². The topological polar surface area (TPSA) is 44.8 Å². The second-order valence-corrected chi connectivity index (χ2v) is 12.4. The summed E-state index contributed by atoms with van der Waals surface area (Å²) in [5.74, 6) is 5.43. The van der Waals surface area contributed by atoms with Crippen molar-refractivity contribution in [3.8, 4) is 11.8 Å². The molecule has 0 saturated heterocycles. The first kappa shape index (κ1) is 24.0. The van der Waals surface area contributed by atoms with Gasteiger partial charge in [-0.05, 0) is 21.3 Å². The summed E-state index contributed by atoms with van der Waals surface area (Å²) in [6.45, 7) is 7.18. The molecule has 2 aromatic carbocycles. The third kappa shape index (κ3) is 5.90. The fourth-order valence-corrected chi connectivity index (χ4v) is 8.21. The van der Waals surface area contributed by atoms with Gasteiger partial charge in [0.15, 0.2) is 6.29 Å². The molecular formula is C25H32O4Si. The fraction of sp³-hybridized carbons (Fsp3) is 0.400. The van der Waals surface area contributed by atoms with Crippen LogP contribution < -0.4 is 10.4 Å². The normalized spacial score (nSPS) is 11.8. The molecular weight excluding hydrogens is 392 g/mol. The summed E-state index contributed by atoms with van der Waals surface area (Å²) in [4.78, 5) is 12.0. The maximum absolute atomic E-state index is 12.0. The van der Waals surface area contributed by atoms with E-state index in [1.54, 1.807) is 0 Å². The van der Waals surface area contributed by atoms with Crippen molar-refractivity contribution in [2.75, 3.05) is 20.8 Å². The number of benzene rings is 2. The first-order chi connectivity index (χ1) is 14.3. The van der Waals surface area contributed by atoms with Gasteiger partial charge in [0, 0.05) is 27.2 Å². The number of methoxy groups -OCH3 is 2. The lowest BCUT2D eigenvalue weighted by molar-refractivity contribution is -0.132. The molecule has 0 heterocycles. The van der Waals surface area contributed by atoms with Crippen LogP contribution >= 0.6 is 0 Å². The second kappa shape index (κ2) is 11.2. The van der Waals surface area contributed by atoms with Crippen molar-refractivity contribution in [3.63, 3.8) is 0 Å². The molecule has 0 saturated carbocycles. The van der Waals surface area contributed by atoms with E-state index in [1.165, 1.54) is 24.6 Å². The fourth-order valence-electron chi connectivity index (χ4n) is 3.64. The van der Waals surface area contributed by atoms with E-state index in [-0.39, 0.29) is 17.2 Å². The SMILES string of the molecule is COC(CC(=O)C#CCCO[Si](c1ccccc1)(c1ccccc1)C(C)(C)C)OC. The molecule has 2 aromatic rings. The van der Waals surface area contributed by atoms with Gasteiger partial charge in [-0.15, -0.1) is 0 Å². The largest absolute Gasteiger partial charge is 0.406 e. The summed E-state index contributed by atoms with van der Waals surface area (Å²) in [6.07, 6.45) is 0.0522. The van der Waals surface area contributed by atoms with Gasteiger partial charge in [-0.3, -0.25) is 4.79 Å². The van der Waals surface area contributed by atoms with Crippen LogP contribution in [0.15, 0.2) is 60.7 Å². The number of hydrogen-bond acceptors (Lipinski definition) is 4. The molecule has 0 aliphatic carbocycles. The van der Waals surface area contributed by atoms with E-state index in [1.807, 2.05) is 12.1 Å². The Bertz CT molecular complexity index is 804. The molecule has 0 fully saturated rings. The predicted octanol–water partition coefficient (Wildman–Crippen LogP) is 3.53. The Hall–Kier alpha value is -2.23. The zero-order valence-corrected chi connectivity index (χ0v) is 19.6. The molecule has 0 radical (unpaired) electrons. The molecule has 0 bridgehead atoms. The van der Waals surface area contributed by atoms with Crippen molar-refractivity contribution in [1.29, 1.82) is 0 Å². The summed E-state index contributed by atoms with van der Waals surface area (Å²) in [6, 6.07) is 21.0. The average molecular weight is 425 g/mol. The molecule has 0 amide bonds. The number of carbonyl (C=O) groups excluding carboxylic acids is 1. The zero-order chi connectivity index (χ0) is 22.0. The quantitative estimate of drug-likeness (QED) is 0.203. The maximum Gasteiger partial charge on any atom is 0.261 e. The molecule has 30 heavy (non-hydrogen) atoms. The van der Waals surface area contributed by atoms with Crippen molar-refractivity contribution in [2.24, 2.45) is 0 Å². The predicted molar refractivity (Wildman–Crippen MR) is 123 cm³/mol. The minimum absolute atomic E-state index is 0.0803. The van der Waals surface area contributed by atoms with Gasteiger partial charge in [-0.1, -0.05) is 87.4 Å². The van der Waals surface area contributed by atoms with Crippen molar-refractivity contribution < 1.29 is 18.7 Å². The van der Waals surface area contributed by atoms with Gasteiger partial charge in [0.25, 0.3) is 8.32 Å². The molecule has 4 nitrogen and oxygen atoms in total. The number of carbonyl (C=O) groups is 1. The molecule has 0 N–H and O–H groups in total. The Morgan fingerprint density at radius 1 is 0.933 bits per heavy atom. The number of ketones is 1. The van der Waals surface area contributed by atoms with Crippen molar-refractivity contribution in [2.45, 2.75) is 44.9 Å². The summed E-state index contributed by atoms with van der Waals surface area (Å²) < 4.78 is 16.8. The number of rotatable bonds is 9. The minimum Gasteiger partial charge on any atom is -0.406 e. The molecule has 0 atom stereocenters. The lowest BCUT2D eigenvalue weighted by atomic mass is 10.2. The molecule has 0 aromatic heterocycles. The summed E-state index contributed by atoms with van der Waals surface area (Å²) in [7, 11) is 0.456. The molecule has 2 rings (SSSR count). The van der Waals surface area contributed by atoms with Crippen LogP contribution in [0.3, 0.4) is 0 Å². The Morgan fingerprint density at radius 2 is 1.43 bits per heavy atom. The van der Waals surface area contributed by atoms with Gasteiger partial charge < -0.3 is 13.9 Å². The van der Waals surface area contributed by atoms with E-state index in [9.17, 15) is 4.79 Å². The summed E-state index contributed by atoms with van der Waals surface area (Å²) in [5, 5.41) is 2.38. The monoisotopic (exact) mass is 424 g/mol. The Kier molecular flexibility index (Phi) is 9.01. The van der Waals surface area contributed by atoms with E-state index in [4.69, 9.17) is 13.9 Å². The van der Waals surface area contributed by atoms with Crippen LogP contribution in [0, 0.1) is 11.8 Å². The van der Waals surface area contributed by atoms with Gasteiger partial charge in [0.2, 0.25) is 5.78 Å². The van der Waals surface area contributed by atoms with Gasteiger partial charge in [0.05, 0.1) is 6.42 Å². The van der Waals surface area contributed by atoms with Gasteiger partial charge in [-0.25, -0.2) is 0 Å². The van der Waals surface area contributed by atoms with Crippen LogP contribution in [0.1, 0.15) is 33.6 Å². The Morgan fingerprint density at radius 3 is 1.87 bits per heavy atom. The lowest BCUT2D eigenvalue weighted by Crippen LogP contribution is -2.66. The van der Waals surface area contributed by atoms with Crippen LogP contribution in [-0.4, -0.2) is 41.2 Å². The minimum atomic E-state index is -2.56.